The maximum absolute atomic E-state index is 12.7. The highest BCUT2D eigenvalue weighted by Gasteiger charge is 2.35. The molecule has 0 aliphatic carbocycles. The first kappa shape index (κ1) is 21.6. The minimum Gasteiger partial charge on any atom is -0.378 e. The van der Waals surface area contributed by atoms with Gasteiger partial charge in [0, 0.05) is 11.1 Å². The summed E-state index contributed by atoms with van der Waals surface area (Å²) in [5.74, 6) is -1.08. The van der Waals surface area contributed by atoms with Gasteiger partial charge < -0.3 is 15.7 Å². The van der Waals surface area contributed by atoms with Crippen molar-refractivity contribution in [3.63, 3.8) is 0 Å². The zero-order valence-corrected chi connectivity index (χ0v) is 17.0. The molecule has 10 heteroatoms. The number of aliphatic hydroxyl groups is 1. The van der Waals surface area contributed by atoms with E-state index >= 15 is 0 Å². The van der Waals surface area contributed by atoms with E-state index in [9.17, 15) is 27.9 Å². The fourth-order valence-electron chi connectivity index (χ4n) is 3.21. The number of aliphatic hydroxyl groups excluding tert-OH is 1. The van der Waals surface area contributed by atoms with E-state index in [1.54, 1.807) is 6.92 Å². The Bertz CT molecular complexity index is 1120. The number of nitrogens with one attached hydrogen (secondary N) is 2. The third-order valence-electron chi connectivity index (χ3n) is 4.83. The first-order chi connectivity index (χ1) is 14.2. The zero-order chi connectivity index (χ0) is 22.1. The SMILES string of the molecule is COS(=O)(=O)c1ccc(C)c(NC(=O)C(O)c2cccc(C=O)c2)c1C1CC(=O)N1. The fourth-order valence-corrected chi connectivity index (χ4v) is 4.14. The molecule has 1 fully saturated rings. The highest BCUT2D eigenvalue weighted by atomic mass is 32.2. The average Bonchev–Trinajstić information content (AvgIpc) is 2.72. The van der Waals surface area contributed by atoms with Crippen molar-refractivity contribution in [3.8, 4) is 0 Å². The Labute approximate surface area is 173 Å². The van der Waals surface area contributed by atoms with Gasteiger partial charge in [0.05, 0.1) is 25.3 Å². The van der Waals surface area contributed by atoms with Crippen LogP contribution in [0, 0.1) is 6.92 Å². The summed E-state index contributed by atoms with van der Waals surface area (Å²) in [6.45, 7) is 1.65. The number of hydrogen-bond donors (Lipinski definition) is 3. The first-order valence-corrected chi connectivity index (χ1v) is 10.4. The summed E-state index contributed by atoms with van der Waals surface area (Å²) >= 11 is 0. The lowest BCUT2D eigenvalue weighted by molar-refractivity contribution is -0.128. The Hall–Kier alpha value is -3.08. The summed E-state index contributed by atoms with van der Waals surface area (Å²) in [6, 6.07) is 8.12. The topological polar surface area (TPSA) is 139 Å². The monoisotopic (exact) mass is 432 g/mol. The predicted octanol–water partition coefficient (Wildman–Crippen LogP) is 1.38. The number of carbonyl (C=O) groups excluding carboxylic acids is 3. The molecule has 0 aromatic heterocycles. The van der Waals surface area contributed by atoms with E-state index in [-0.39, 0.29) is 34.0 Å². The van der Waals surface area contributed by atoms with Gasteiger partial charge in [0.15, 0.2) is 6.10 Å². The second-order valence-corrected chi connectivity index (χ2v) is 8.48. The molecule has 2 unspecified atom stereocenters. The van der Waals surface area contributed by atoms with Gasteiger partial charge in [0.2, 0.25) is 5.91 Å². The van der Waals surface area contributed by atoms with Crippen LogP contribution in [0.2, 0.25) is 0 Å². The number of aryl methyl sites for hydroxylation is 1. The molecular formula is C20H20N2O7S. The van der Waals surface area contributed by atoms with E-state index in [1.807, 2.05) is 0 Å². The lowest BCUT2D eigenvalue weighted by Gasteiger charge is -2.31. The van der Waals surface area contributed by atoms with E-state index in [0.29, 0.717) is 17.4 Å². The van der Waals surface area contributed by atoms with Gasteiger partial charge in [-0.05, 0) is 30.2 Å². The predicted molar refractivity (Wildman–Crippen MR) is 106 cm³/mol. The van der Waals surface area contributed by atoms with Gasteiger partial charge in [0.25, 0.3) is 16.0 Å². The van der Waals surface area contributed by atoms with E-state index < -0.39 is 28.2 Å². The molecule has 158 valence electrons. The number of hydrogen-bond acceptors (Lipinski definition) is 7. The second-order valence-electron chi connectivity index (χ2n) is 6.79. The Kier molecular flexibility index (Phi) is 6.01. The highest BCUT2D eigenvalue weighted by Crippen LogP contribution is 2.38. The van der Waals surface area contributed by atoms with Gasteiger partial charge >= 0.3 is 0 Å². The number of aldehydes is 1. The van der Waals surface area contributed by atoms with E-state index in [4.69, 9.17) is 0 Å². The molecule has 2 amide bonds. The summed E-state index contributed by atoms with van der Waals surface area (Å²) in [4.78, 5) is 34.9. The standard InChI is InChI=1S/C20H20N2O7S/c1-11-6-7-15(30(27,28)29-2)17(14-9-16(24)21-14)18(11)22-20(26)19(25)13-5-3-4-12(8-13)10-23/h3-8,10,14,19,25H,9H2,1-2H3,(H,21,24)(H,22,26). The van der Waals surface area contributed by atoms with Crippen molar-refractivity contribution in [1.29, 1.82) is 0 Å². The number of β-lactam (4-membered cyclic amide) rings is 1. The van der Waals surface area contributed by atoms with E-state index in [2.05, 4.69) is 14.8 Å². The molecule has 2 atom stereocenters. The highest BCUT2D eigenvalue weighted by molar-refractivity contribution is 7.86. The molecule has 2 aromatic rings. The molecule has 0 bridgehead atoms. The smallest absolute Gasteiger partial charge is 0.297 e. The van der Waals surface area contributed by atoms with Crippen LogP contribution in [0.5, 0.6) is 0 Å². The van der Waals surface area contributed by atoms with Crippen LogP contribution in [0.25, 0.3) is 0 Å². The molecule has 0 spiro atoms. The third-order valence-corrected chi connectivity index (χ3v) is 6.17. The largest absolute Gasteiger partial charge is 0.378 e. The number of anilines is 1. The minimum atomic E-state index is -4.13. The molecule has 0 radical (unpaired) electrons. The van der Waals surface area contributed by atoms with Gasteiger partial charge in [-0.3, -0.25) is 18.6 Å². The van der Waals surface area contributed by atoms with E-state index in [1.165, 1.54) is 36.4 Å². The quantitative estimate of drug-likeness (QED) is 0.341. The number of rotatable bonds is 7. The van der Waals surface area contributed by atoms with Crippen LogP contribution >= 0.6 is 0 Å². The van der Waals surface area contributed by atoms with Gasteiger partial charge in [-0.25, -0.2) is 0 Å². The van der Waals surface area contributed by atoms with Crippen molar-refractivity contribution in [3.05, 3.63) is 58.7 Å². The molecule has 2 aromatic carbocycles. The minimum absolute atomic E-state index is 0.0441. The normalized spacial score (nSPS) is 16.9. The molecule has 1 heterocycles. The fraction of sp³-hybridized carbons (Fsp3) is 0.250. The van der Waals surface area contributed by atoms with Crippen molar-refractivity contribution in [2.24, 2.45) is 0 Å². The Morgan fingerprint density at radius 3 is 2.63 bits per heavy atom. The van der Waals surface area contributed by atoms with Crippen molar-refractivity contribution in [1.82, 2.24) is 5.32 Å². The van der Waals surface area contributed by atoms with Crippen LogP contribution in [0.15, 0.2) is 41.3 Å². The van der Waals surface area contributed by atoms with Gasteiger partial charge in [-0.15, -0.1) is 0 Å². The van der Waals surface area contributed by atoms with Crippen LogP contribution < -0.4 is 10.6 Å². The van der Waals surface area contributed by atoms with Crippen molar-refractivity contribution in [2.45, 2.75) is 30.4 Å². The van der Waals surface area contributed by atoms with Gasteiger partial charge in [-0.2, -0.15) is 8.42 Å². The molecule has 1 aliphatic rings. The van der Waals surface area contributed by atoms with Crippen LogP contribution in [0.4, 0.5) is 5.69 Å². The Morgan fingerprint density at radius 1 is 1.33 bits per heavy atom. The maximum atomic E-state index is 12.7. The zero-order valence-electron chi connectivity index (χ0n) is 16.2. The lowest BCUT2D eigenvalue weighted by atomic mass is 9.93. The van der Waals surface area contributed by atoms with Crippen molar-refractivity contribution in [2.75, 3.05) is 12.4 Å². The van der Waals surface area contributed by atoms with Crippen molar-refractivity contribution < 1.29 is 32.1 Å². The second kappa shape index (κ2) is 8.34. The number of amides is 2. The maximum Gasteiger partial charge on any atom is 0.297 e. The molecule has 3 rings (SSSR count). The summed E-state index contributed by atoms with van der Waals surface area (Å²) in [6.07, 6.45) is -0.965. The molecule has 30 heavy (non-hydrogen) atoms. The van der Waals surface area contributed by atoms with Gasteiger partial charge in [0.1, 0.15) is 11.2 Å². The summed E-state index contributed by atoms with van der Waals surface area (Å²) in [5.41, 5.74) is 1.37. The molecule has 1 aliphatic heterocycles. The number of carbonyl (C=O) groups is 3. The molecule has 9 nitrogen and oxygen atoms in total. The lowest BCUT2D eigenvalue weighted by Crippen LogP contribution is -2.42. The summed E-state index contributed by atoms with van der Waals surface area (Å²) in [5, 5.41) is 15.6. The average molecular weight is 432 g/mol. The van der Waals surface area contributed by atoms with Crippen LogP contribution in [0.3, 0.4) is 0 Å². The third kappa shape index (κ3) is 4.11. The van der Waals surface area contributed by atoms with Crippen LogP contribution in [-0.2, 0) is 23.9 Å². The Balaban J connectivity index is 2.02. The van der Waals surface area contributed by atoms with Gasteiger partial charge in [-0.1, -0.05) is 24.3 Å². The molecule has 3 N–H and O–H groups in total. The van der Waals surface area contributed by atoms with Crippen molar-refractivity contribution >= 4 is 33.9 Å². The summed E-state index contributed by atoms with van der Waals surface area (Å²) < 4.78 is 29.4. The molecule has 0 saturated carbocycles. The first-order valence-electron chi connectivity index (χ1n) is 8.95. The van der Waals surface area contributed by atoms with E-state index in [0.717, 1.165) is 7.11 Å². The van der Waals surface area contributed by atoms with Crippen LogP contribution in [-0.4, -0.2) is 38.7 Å². The summed E-state index contributed by atoms with van der Waals surface area (Å²) in [7, 11) is -3.11. The Morgan fingerprint density at radius 2 is 2.03 bits per heavy atom. The number of benzene rings is 2. The molecule has 1 saturated heterocycles. The molecular weight excluding hydrogens is 412 g/mol. The van der Waals surface area contributed by atoms with Crippen LogP contribution in [0.1, 0.15) is 45.6 Å².